The zero-order chi connectivity index (χ0) is 13.7. The number of benzene rings is 1. The third-order valence-electron chi connectivity index (χ3n) is 4.95. The van der Waals surface area contributed by atoms with E-state index in [-0.39, 0.29) is 23.5 Å². The number of fused-ring (bicyclic) bond motifs is 2. The van der Waals surface area contributed by atoms with Crippen LogP contribution in [0.25, 0.3) is 0 Å². The lowest BCUT2D eigenvalue weighted by atomic mass is 9.88. The molecule has 0 radical (unpaired) electrons. The lowest BCUT2D eigenvalue weighted by Crippen LogP contribution is -2.42. The van der Waals surface area contributed by atoms with E-state index in [4.69, 9.17) is 4.74 Å². The smallest absolute Gasteiger partial charge is 0.226 e. The average Bonchev–Trinajstić information content (AvgIpc) is 2.93. The maximum absolute atomic E-state index is 12.5. The van der Waals surface area contributed by atoms with Gasteiger partial charge in [-0.1, -0.05) is 28.1 Å². The summed E-state index contributed by atoms with van der Waals surface area (Å²) in [6.07, 6.45) is 5.68. The molecule has 3 atom stereocenters. The SMILES string of the molecule is O=C(NC1(c2ccc(Br)cc2)CC1)[C@@H]1C[C@H]2CC[C@H]1O2. The highest BCUT2D eigenvalue weighted by Crippen LogP contribution is 2.47. The fourth-order valence-electron chi connectivity index (χ4n) is 3.62. The Morgan fingerprint density at radius 1 is 1.25 bits per heavy atom. The van der Waals surface area contributed by atoms with Gasteiger partial charge in [-0.05, 0) is 49.8 Å². The molecule has 1 aromatic carbocycles. The normalized spacial score (nSPS) is 33.1. The number of amides is 1. The van der Waals surface area contributed by atoms with Gasteiger partial charge < -0.3 is 10.1 Å². The Hall–Kier alpha value is -0.870. The largest absolute Gasteiger partial charge is 0.374 e. The summed E-state index contributed by atoms with van der Waals surface area (Å²) in [6.45, 7) is 0. The van der Waals surface area contributed by atoms with Crippen LogP contribution < -0.4 is 5.32 Å². The quantitative estimate of drug-likeness (QED) is 0.921. The van der Waals surface area contributed by atoms with Crippen LogP contribution in [0.1, 0.15) is 37.7 Å². The van der Waals surface area contributed by atoms with E-state index in [0.717, 1.165) is 36.6 Å². The summed E-state index contributed by atoms with van der Waals surface area (Å²) in [4.78, 5) is 12.5. The second kappa shape index (κ2) is 4.57. The highest BCUT2D eigenvalue weighted by molar-refractivity contribution is 9.10. The molecule has 1 aromatic rings. The number of hydrogen-bond acceptors (Lipinski definition) is 2. The lowest BCUT2D eigenvalue weighted by Gasteiger charge is -2.23. The van der Waals surface area contributed by atoms with Crippen LogP contribution in [0.4, 0.5) is 0 Å². The Kier molecular flexibility index (Phi) is 2.93. The van der Waals surface area contributed by atoms with E-state index in [1.807, 2.05) is 12.1 Å². The second-order valence-electron chi connectivity index (χ2n) is 6.29. The van der Waals surface area contributed by atoms with Gasteiger partial charge in [0.2, 0.25) is 5.91 Å². The summed E-state index contributed by atoms with van der Waals surface area (Å²) >= 11 is 3.46. The summed E-state index contributed by atoms with van der Waals surface area (Å²) in [6, 6.07) is 8.30. The van der Waals surface area contributed by atoms with Gasteiger partial charge in [-0.2, -0.15) is 0 Å². The van der Waals surface area contributed by atoms with Crippen LogP contribution >= 0.6 is 15.9 Å². The molecule has 4 rings (SSSR count). The number of nitrogens with one attached hydrogen (secondary N) is 1. The molecular weight excluding hydrogens is 318 g/mol. The summed E-state index contributed by atoms with van der Waals surface area (Å²) in [5.41, 5.74) is 1.11. The highest BCUT2D eigenvalue weighted by Gasteiger charge is 2.50. The minimum absolute atomic E-state index is 0.0710. The van der Waals surface area contributed by atoms with Crippen LogP contribution in [0.3, 0.4) is 0 Å². The van der Waals surface area contributed by atoms with Crippen molar-refractivity contribution in [3.63, 3.8) is 0 Å². The van der Waals surface area contributed by atoms with Crippen LogP contribution in [-0.4, -0.2) is 18.1 Å². The van der Waals surface area contributed by atoms with Crippen molar-refractivity contribution >= 4 is 21.8 Å². The van der Waals surface area contributed by atoms with E-state index in [2.05, 4.69) is 33.4 Å². The Balaban J connectivity index is 1.48. The number of carbonyl (C=O) groups is 1. The fourth-order valence-corrected chi connectivity index (χ4v) is 3.89. The average molecular weight is 336 g/mol. The van der Waals surface area contributed by atoms with E-state index in [9.17, 15) is 4.79 Å². The van der Waals surface area contributed by atoms with Crippen LogP contribution in [0.15, 0.2) is 28.7 Å². The number of rotatable bonds is 3. The predicted molar refractivity (Wildman–Crippen MR) is 79.2 cm³/mol. The molecule has 20 heavy (non-hydrogen) atoms. The van der Waals surface area contributed by atoms with Gasteiger partial charge in [-0.3, -0.25) is 4.79 Å². The van der Waals surface area contributed by atoms with Gasteiger partial charge in [0.1, 0.15) is 0 Å². The first-order valence-corrected chi connectivity index (χ1v) is 8.19. The molecule has 3 fully saturated rings. The minimum Gasteiger partial charge on any atom is -0.374 e. The van der Waals surface area contributed by atoms with Crippen LogP contribution in [0.5, 0.6) is 0 Å². The molecule has 1 amide bonds. The van der Waals surface area contributed by atoms with Gasteiger partial charge in [-0.25, -0.2) is 0 Å². The first-order valence-electron chi connectivity index (χ1n) is 7.40. The summed E-state index contributed by atoms with van der Waals surface area (Å²) < 4.78 is 6.87. The number of hydrogen-bond donors (Lipinski definition) is 1. The van der Waals surface area contributed by atoms with E-state index in [1.165, 1.54) is 5.56 Å². The predicted octanol–water partition coefficient (Wildman–Crippen LogP) is 3.12. The van der Waals surface area contributed by atoms with Crippen molar-refractivity contribution in [1.82, 2.24) is 5.32 Å². The van der Waals surface area contributed by atoms with Crippen molar-refractivity contribution in [3.8, 4) is 0 Å². The first kappa shape index (κ1) is 12.8. The molecule has 0 spiro atoms. The van der Waals surface area contributed by atoms with Crippen molar-refractivity contribution < 1.29 is 9.53 Å². The van der Waals surface area contributed by atoms with E-state index in [1.54, 1.807) is 0 Å². The monoisotopic (exact) mass is 335 g/mol. The molecule has 2 aliphatic heterocycles. The Bertz CT molecular complexity index is 538. The summed E-state index contributed by atoms with van der Waals surface area (Å²) in [5, 5.41) is 3.30. The highest BCUT2D eigenvalue weighted by atomic mass is 79.9. The van der Waals surface area contributed by atoms with Gasteiger partial charge in [0.25, 0.3) is 0 Å². The number of carbonyl (C=O) groups excluding carboxylic acids is 1. The molecule has 0 aromatic heterocycles. The standard InChI is InChI=1S/C16H18BrNO2/c17-11-3-1-10(2-4-11)16(7-8-16)18-15(19)13-9-12-5-6-14(13)20-12/h1-4,12-14H,5-9H2,(H,18,19)/t12-,13-,14-/m1/s1. The molecule has 1 N–H and O–H groups in total. The van der Waals surface area contributed by atoms with Gasteiger partial charge in [0.05, 0.1) is 23.7 Å². The molecule has 106 valence electrons. The van der Waals surface area contributed by atoms with Gasteiger partial charge in [0.15, 0.2) is 0 Å². The van der Waals surface area contributed by atoms with Crippen LogP contribution in [0.2, 0.25) is 0 Å². The van der Waals surface area contributed by atoms with Crippen molar-refractivity contribution in [2.75, 3.05) is 0 Å². The molecule has 4 heteroatoms. The van der Waals surface area contributed by atoms with Gasteiger partial charge in [-0.15, -0.1) is 0 Å². The molecule has 1 aliphatic carbocycles. The minimum atomic E-state index is -0.111. The summed E-state index contributed by atoms with van der Waals surface area (Å²) in [7, 11) is 0. The molecule has 2 saturated heterocycles. The second-order valence-corrected chi connectivity index (χ2v) is 7.21. The van der Waals surface area contributed by atoms with Crippen molar-refractivity contribution in [2.45, 2.75) is 49.9 Å². The Morgan fingerprint density at radius 2 is 2.00 bits per heavy atom. The van der Waals surface area contributed by atoms with Crippen LogP contribution in [0, 0.1) is 5.92 Å². The molecule has 3 aliphatic rings. The Labute approximate surface area is 127 Å². The zero-order valence-corrected chi connectivity index (χ0v) is 12.9. The lowest BCUT2D eigenvalue weighted by molar-refractivity contribution is -0.127. The maximum atomic E-state index is 12.5. The van der Waals surface area contributed by atoms with E-state index >= 15 is 0 Å². The van der Waals surface area contributed by atoms with Crippen molar-refractivity contribution in [3.05, 3.63) is 34.3 Å². The van der Waals surface area contributed by atoms with E-state index in [0.29, 0.717) is 6.10 Å². The van der Waals surface area contributed by atoms with Crippen molar-refractivity contribution in [1.29, 1.82) is 0 Å². The maximum Gasteiger partial charge on any atom is 0.226 e. The van der Waals surface area contributed by atoms with Crippen LogP contribution in [-0.2, 0) is 15.1 Å². The third-order valence-corrected chi connectivity index (χ3v) is 5.48. The molecule has 2 bridgehead atoms. The van der Waals surface area contributed by atoms with Crippen molar-refractivity contribution in [2.24, 2.45) is 5.92 Å². The van der Waals surface area contributed by atoms with E-state index < -0.39 is 0 Å². The zero-order valence-electron chi connectivity index (χ0n) is 11.3. The van der Waals surface area contributed by atoms with Gasteiger partial charge in [0, 0.05) is 4.47 Å². The topological polar surface area (TPSA) is 38.3 Å². The molecule has 2 heterocycles. The Morgan fingerprint density at radius 3 is 2.55 bits per heavy atom. The number of halogens is 1. The first-order chi connectivity index (χ1) is 9.66. The van der Waals surface area contributed by atoms with Gasteiger partial charge >= 0.3 is 0 Å². The number of ether oxygens (including phenoxy) is 1. The molecule has 3 nitrogen and oxygen atoms in total. The molecule has 1 saturated carbocycles. The molecular formula is C16H18BrNO2. The third kappa shape index (κ3) is 2.09. The fraction of sp³-hybridized carbons (Fsp3) is 0.562. The molecule has 0 unspecified atom stereocenters. The summed E-state index contributed by atoms with van der Waals surface area (Å²) in [5.74, 6) is 0.263.